The summed E-state index contributed by atoms with van der Waals surface area (Å²) < 4.78 is 14.3. The first-order valence-electron chi connectivity index (χ1n) is 7.02. The Balaban J connectivity index is 1.79. The zero-order valence-corrected chi connectivity index (χ0v) is 13.2. The van der Waals surface area contributed by atoms with Crippen molar-refractivity contribution < 1.29 is 9.18 Å². The lowest BCUT2D eigenvalue weighted by molar-refractivity contribution is 0.0940. The lowest BCUT2D eigenvalue weighted by atomic mass is 9.99. The van der Waals surface area contributed by atoms with Gasteiger partial charge in [0, 0.05) is 17.6 Å². The van der Waals surface area contributed by atoms with Crippen molar-refractivity contribution in [1.82, 2.24) is 10.2 Å². The van der Waals surface area contributed by atoms with Crippen LogP contribution in [0.15, 0.2) is 22.7 Å². The molecule has 5 heteroatoms. The van der Waals surface area contributed by atoms with E-state index in [0.29, 0.717) is 11.0 Å². The number of nitrogens with zero attached hydrogens (tertiary/aromatic N) is 1. The number of carbonyl (C=O) groups is 1. The van der Waals surface area contributed by atoms with Crippen LogP contribution >= 0.6 is 15.9 Å². The van der Waals surface area contributed by atoms with Crippen LogP contribution in [0.2, 0.25) is 0 Å². The van der Waals surface area contributed by atoms with Gasteiger partial charge >= 0.3 is 0 Å². The monoisotopic (exact) mass is 342 g/mol. The zero-order chi connectivity index (χ0) is 14.5. The molecule has 1 saturated heterocycles. The van der Waals surface area contributed by atoms with Gasteiger partial charge in [0.2, 0.25) is 0 Å². The number of carbonyl (C=O) groups excluding carboxylic acids is 1. The SMILES string of the molecule is CC1CCN(CCNC(=O)c2cc(Br)ccc2F)CC1. The number of rotatable bonds is 4. The molecule has 1 amide bonds. The Morgan fingerprint density at radius 3 is 2.85 bits per heavy atom. The fourth-order valence-electron chi connectivity index (χ4n) is 2.38. The molecule has 0 unspecified atom stereocenters. The molecule has 0 radical (unpaired) electrons. The van der Waals surface area contributed by atoms with Crippen LogP contribution < -0.4 is 5.32 Å². The third-order valence-corrected chi connectivity index (χ3v) is 4.26. The number of hydrogen-bond donors (Lipinski definition) is 1. The van der Waals surface area contributed by atoms with E-state index >= 15 is 0 Å². The molecule has 0 spiro atoms. The van der Waals surface area contributed by atoms with E-state index in [-0.39, 0.29) is 11.5 Å². The summed E-state index contributed by atoms with van der Waals surface area (Å²) in [4.78, 5) is 14.3. The summed E-state index contributed by atoms with van der Waals surface area (Å²) in [6, 6.07) is 4.39. The molecule has 2 rings (SSSR count). The minimum absolute atomic E-state index is 0.0895. The van der Waals surface area contributed by atoms with Crippen LogP contribution in [0, 0.1) is 11.7 Å². The largest absolute Gasteiger partial charge is 0.351 e. The summed E-state index contributed by atoms with van der Waals surface area (Å²) in [5, 5.41) is 2.78. The highest BCUT2D eigenvalue weighted by atomic mass is 79.9. The summed E-state index contributed by atoms with van der Waals surface area (Å²) in [6.07, 6.45) is 2.43. The van der Waals surface area contributed by atoms with Crippen molar-refractivity contribution in [3.63, 3.8) is 0 Å². The van der Waals surface area contributed by atoms with Gasteiger partial charge in [-0.1, -0.05) is 22.9 Å². The summed E-state index contributed by atoms with van der Waals surface area (Å²) in [5.74, 6) is -0.0386. The van der Waals surface area contributed by atoms with Crippen molar-refractivity contribution in [2.75, 3.05) is 26.2 Å². The summed E-state index contributed by atoms with van der Waals surface area (Å²) in [7, 11) is 0. The first-order chi connectivity index (χ1) is 9.56. The first kappa shape index (κ1) is 15.4. The van der Waals surface area contributed by atoms with Crippen LogP contribution in [-0.2, 0) is 0 Å². The molecule has 1 aliphatic rings. The molecule has 0 saturated carbocycles. The molecule has 1 fully saturated rings. The molecule has 1 N–H and O–H groups in total. The van der Waals surface area contributed by atoms with Crippen LogP contribution in [-0.4, -0.2) is 37.0 Å². The van der Waals surface area contributed by atoms with E-state index in [1.54, 1.807) is 6.07 Å². The third kappa shape index (κ3) is 4.28. The molecule has 110 valence electrons. The zero-order valence-electron chi connectivity index (χ0n) is 11.7. The predicted octanol–water partition coefficient (Wildman–Crippen LogP) is 3.05. The van der Waals surface area contributed by atoms with Crippen LogP contribution in [0.1, 0.15) is 30.1 Å². The number of piperidine rings is 1. The molecule has 0 bridgehead atoms. The van der Waals surface area contributed by atoms with Crippen molar-refractivity contribution in [2.45, 2.75) is 19.8 Å². The lowest BCUT2D eigenvalue weighted by Gasteiger charge is -2.30. The van der Waals surface area contributed by atoms with Crippen molar-refractivity contribution in [2.24, 2.45) is 5.92 Å². The van der Waals surface area contributed by atoms with E-state index in [9.17, 15) is 9.18 Å². The predicted molar refractivity (Wildman–Crippen MR) is 81.3 cm³/mol. The van der Waals surface area contributed by atoms with Crippen molar-refractivity contribution >= 4 is 21.8 Å². The minimum atomic E-state index is -0.488. The van der Waals surface area contributed by atoms with Gasteiger partial charge in [0.1, 0.15) is 5.82 Å². The Morgan fingerprint density at radius 1 is 1.45 bits per heavy atom. The van der Waals surface area contributed by atoms with Crippen molar-refractivity contribution in [1.29, 1.82) is 0 Å². The van der Waals surface area contributed by atoms with Gasteiger partial charge in [-0.25, -0.2) is 4.39 Å². The van der Waals surface area contributed by atoms with Crippen LogP contribution in [0.4, 0.5) is 4.39 Å². The fourth-order valence-corrected chi connectivity index (χ4v) is 2.74. The Bertz CT molecular complexity index is 473. The van der Waals surface area contributed by atoms with Crippen LogP contribution in [0.5, 0.6) is 0 Å². The van der Waals surface area contributed by atoms with Crippen LogP contribution in [0.25, 0.3) is 0 Å². The maximum absolute atomic E-state index is 13.6. The second-order valence-corrected chi connectivity index (χ2v) is 6.32. The average molecular weight is 343 g/mol. The summed E-state index contributed by atoms with van der Waals surface area (Å²) in [5.41, 5.74) is 0.0895. The van der Waals surface area contributed by atoms with Crippen molar-refractivity contribution in [3.8, 4) is 0 Å². The highest BCUT2D eigenvalue weighted by Crippen LogP contribution is 2.16. The number of benzene rings is 1. The molecule has 0 aliphatic carbocycles. The quantitative estimate of drug-likeness (QED) is 0.911. The number of nitrogens with one attached hydrogen (secondary N) is 1. The average Bonchev–Trinajstić information content (AvgIpc) is 2.43. The summed E-state index contributed by atoms with van der Waals surface area (Å²) >= 11 is 3.25. The van der Waals surface area contributed by atoms with E-state index < -0.39 is 5.82 Å². The minimum Gasteiger partial charge on any atom is -0.351 e. The van der Waals surface area contributed by atoms with E-state index in [0.717, 1.165) is 25.6 Å². The van der Waals surface area contributed by atoms with Crippen LogP contribution in [0.3, 0.4) is 0 Å². The second kappa shape index (κ2) is 7.18. The standard InChI is InChI=1S/C15H20BrFN2O/c1-11-4-7-19(8-5-11)9-6-18-15(20)13-10-12(16)2-3-14(13)17/h2-3,10-11H,4-9H2,1H3,(H,18,20). The Hall–Kier alpha value is -0.940. The molecular formula is C15H20BrFN2O. The smallest absolute Gasteiger partial charge is 0.254 e. The lowest BCUT2D eigenvalue weighted by Crippen LogP contribution is -2.39. The molecule has 20 heavy (non-hydrogen) atoms. The molecular weight excluding hydrogens is 323 g/mol. The number of halogens is 2. The highest BCUT2D eigenvalue weighted by Gasteiger charge is 2.16. The number of amides is 1. The first-order valence-corrected chi connectivity index (χ1v) is 7.81. The van der Waals surface area contributed by atoms with Gasteiger partial charge < -0.3 is 10.2 Å². The van der Waals surface area contributed by atoms with E-state index in [4.69, 9.17) is 0 Å². The Morgan fingerprint density at radius 2 is 2.15 bits per heavy atom. The number of likely N-dealkylation sites (tertiary alicyclic amines) is 1. The molecule has 1 aliphatic heterocycles. The fraction of sp³-hybridized carbons (Fsp3) is 0.533. The van der Waals surface area contributed by atoms with Gasteiger partial charge in [-0.15, -0.1) is 0 Å². The van der Waals surface area contributed by atoms with E-state index in [1.807, 2.05) is 0 Å². The molecule has 1 aromatic rings. The van der Waals surface area contributed by atoms with Gasteiger partial charge in [-0.2, -0.15) is 0 Å². The summed E-state index contributed by atoms with van der Waals surface area (Å²) in [6.45, 7) is 5.83. The molecule has 3 nitrogen and oxygen atoms in total. The Labute approximate surface area is 127 Å². The third-order valence-electron chi connectivity index (χ3n) is 3.76. The van der Waals surface area contributed by atoms with Gasteiger partial charge in [-0.05, 0) is 50.0 Å². The maximum Gasteiger partial charge on any atom is 0.254 e. The maximum atomic E-state index is 13.6. The normalized spacial score (nSPS) is 17.1. The molecule has 0 atom stereocenters. The molecule has 1 aromatic carbocycles. The topological polar surface area (TPSA) is 32.3 Å². The van der Waals surface area contributed by atoms with Gasteiger partial charge in [0.15, 0.2) is 0 Å². The molecule has 1 heterocycles. The van der Waals surface area contributed by atoms with E-state index in [1.165, 1.54) is 25.0 Å². The van der Waals surface area contributed by atoms with Gasteiger partial charge in [0.25, 0.3) is 5.91 Å². The highest BCUT2D eigenvalue weighted by molar-refractivity contribution is 9.10. The number of hydrogen-bond acceptors (Lipinski definition) is 2. The van der Waals surface area contributed by atoms with Gasteiger partial charge in [0.05, 0.1) is 5.56 Å². The van der Waals surface area contributed by atoms with E-state index in [2.05, 4.69) is 33.1 Å². The second-order valence-electron chi connectivity index (χ2n) is 5.40. The van der Waals surface area contributed by atoms with Crippen molar-refractivity contribution in [3.05, 3.63) is 34.1 Å². The van der Waals surface area contributed by atoms with Gasteiger partial charge in [-0.3, -0.25) is 4.79 Å². The molecule has 0 aromatic heterocycles. The Kier molecular flexibility index (Phi) is 5.54.